The van der Waals surface area contributed by atoms with Crippen LogP contribution in [0.15, 0.2) is 0 Å². The van der Waals surface area contributed by atoms with Gasteiger partial charge >= 0.3 is 0 Å². The van der Waals surface area contributed by atoms with E-state index in [-0.39, 0.29) is 11.8 Å². The highest BCUT2D eigenvalue weighted by molar-refractivity contribution is 5.78. The smallest absolute Gasteiger partial charge is 0.223 e. The van der Waals surface area contributed by atoms with Crippen molar-refractivity contribution >= 4 is 5.91 Å². The lowest BCUT2D eigenvalue weighted by atomic mass is 9.92. The van der Waals surface area contributed by atoms with E-state index in [1.165, 1.54) is 0 Å². The van der Waals surface area contributed by atoms with Crippen molar-refractivity contribution in [3.05, 3.63) is 0 Å². The molecule has 2 N–H and O–H groups in total. The first kappa shape index (κ1) is 15.4. The first-order valence-corrected chi connectivity index (χ1v) is 7.18. The Labute approximate surface area is 111 Å². The number of rotatable bonds is 7. The molecule has 0 saturated carbocycles. The maximum absolute atomic E-state index is 11.9. The lowest BCUT2D eigenvalue weighted by molar-refractivity contribution is -0.126. The van der Waals surface area contributed by atoms with Crippen molar-refractivity contribution in [2.24, 2.45) is 11.8 Å². The molecule has 1 amide bonds. The normalized spacial score (nSPS) is 24.2. The summed E-state index contributed by atoms with van der Waals surface area (Å²) in [5.74, 6) is 1.04. The van der Waals surface area contributed by atoms with Gasteiger partial charge in [-0.05, 0) is 38.6 Å². The minimum atomic E-state index is 0.178. The quantitative estimate of drug-likeness (QED) is 0.680. The molecule has 1 fully saturated rings. The topological polar surface area (TPSA) is 50.4 Å². The van der Waals surface area contributed by atoms with Crippen molar-refractivity contribution in [1.82, 2.24) is 10.6 Å². The van der Waals surface area contributed by atoms with Gasteiger partial charge in [-0.1, -0.05) is 13.8 Å². The highest BCUT2D eigenvalue weighted by Crippen LogP contribution is 2.15. The number of carbonyl (C=O) groups excluding carboxylic acids is 1. The second kappa shape index (κ2) is 8.48. The molecule has 1 heterocycles. The highest BCUT2D eigenvalue weighted by Gasteiger charge is 2.24. The van der Waals surface area contributed by atoms with Crippen LogP contribution in [0.5, 0.6) is 0 Å². The molecule has 2 unspecified atom stereocenters. The van der Waals surface area contributed by atoms with Crippen LogP contribution in [0.4, 0.5) is 0 Å². The summed E-state index contributed by atoms with van der Waals surface area (Å²) >= 11 is 0. The van der Waals surface area contributed by atoms with Crippen molar-refractivity contribution in [3.63, 3.8) is 0 Å². The van der Waals surface area contributed by atoms with Gasteiger partial charge in [-0.25, -0.2) is 0 Å². The van der Waals surface area contributed by atoms with E-state index in [2.05, 4.69) is 31.4 Å². The minimum Gasteiger partial charge on any atom is -0.380 e. The van der Waals surface area contributed by atoms with E-state index in [0.29, 0.717) is 25.1 Å². The number of piperidine rings is 1. The maximum Gasteiger partial charge on any atom is 0.223 e. The molecule has 106 valence electrons. The monoisotopic (exact) mass is 256 g/mol. The van der Waals surface area contributed by atoms with E-state index in [4.69, 9.17) is 4.74 Å². The Hall–Kier alpha value is -0.610. The second-order valence-corrected chi connectivity index (χ2v) is 5.66. The molecule has 0 radical (unpaired) electrons. The summed E-state index contributed by atoms with van der Waals surface area (Å²) in [6.45, 7) is 9.50. The van der Waals surface area contributed by atoms with E-state index in [9.17, 15) is 4.79 Å². The van der Waals surface area contributed by atoms with Gasteiger partial charge in [0.25, 0.3) is 0 Å². The van der Waals surface area contributed by atoms with E-state index in [1.54, 1.807) is 0 Å². The Morgan fingerprint density at radius 2 is 2.22 bits per heavy atom. The van der Waals surface area contributed by atoms with Gasteiger partial charge in [0.2, 0.25) is 5.91 Å². The highest BCUT2D eigenvalue weighted by atomic mass is 16.5. The van der Waals surface area contributed by atoms with Crippen molar-refractivity contribution < 1.29 is 9.53 Å². The van der Waals surface area contributed by atoms with Crippen molar-refractivity contribution in [2.45, 2.75) is 46.1 Å². The van der Waals surface area contributed by atoms with Gasteiger partial charge in [-0.2, -0.15) is 0 Å². The first-order chi connectivity index (χ1) is 8.59. The van der Waals surface area contributed by atoms with E-state index >= 15 is 0 Å². The largest absolute Gasteiger partial charge is 0.380 e. The molecule has 1 rings (SSSR count). The van der Waals surface area contributed by atoms with E-state index in [0.717, 1.165) is 32.4 Å². The van der Waals surface area contributed by atoms with Gasteiger partial charge in [-0.3, -0.25) is 4.79 Å². The summed E-state index contributed by atoms with van der Waals surface area (Å²) < 4.78 is 5.48. The molecule has 1 aliphatic rings. The van der Waals surface area contributed by atoms with Gasteiger partial charge in [0.15, 0.2) is 0 Å². The number of amides is 1. The van der Waals surface area contributed by atoms with E-state index in [1.807, 2.05) is 0 Å². The zero-order valence-corrected chi connectivity index (χ0v) is 12.0. The molecular formula is C14H28N2O2. The molecule has 18 heavy (non-hydrogen) atoms. The Morgan fingerprint density at radius 1 is 1.44 bits per heavy atom. The SMILES string of the molecule is CC(C)CCOCCNC(=O)C1CCNC(C)C1. The second-order valence-electron chi connectivity index (χ2n) is 5.66. The van der Waals surface area contributed by atoms with Gasteiger partial charge < -0.3 is 15.4 Å². The number of nitrogens with one attached hydrogen (secondary N) is 2. The third-order valence-electron chi connectivity index (χ3n) is 3.38. The number of carbonyl (C=O) groups is 1. The Balaban J connectivity index is 2.02. The van der Waals surface area contributed by atoms with Crippen LogP contribution in [0, 0.1) is 11.8 Å². The summed E-state index contributed by atoms with van der Waals surface area (Å²) in [6, 6.07) is 0.455. The summed E-state index contributed by atoms with van der Waals surface area (Å²) in [7, 11) is 0. The number of hydrogen-bond acceptors (Lipinski definition) is 3. The number of hydrogen-bond donors (Lipinski definition) is 2. The molecule has 0 bridgehead atoms. The summed E-state index contributed by atoms with van der Waals surface area (Å²) in [5.41, 5.74) is 0. The maximum atomic E-state index is 11.9. The molecule has 0 aromatic carbocycles. The predicted octanol–water partition coefficient (Wildman–Crippen LogP) is 1.55. The van der Waals surface area contributed by atoms with Crippen LogP contribution in [0.25, 0.3) is 0 Å². The minimum absolute atomic E-state index is 0.178. The van der Waals surface area contributed by atoms with Gasteiger partial charge in [0.05, 0.1) is 6.61 Å². The van der Waals surface area contributed by atoms with Crippen LogP contribution < -0.4 is 10.6 Å². The lowest BCUT2D eigenvalue weighted by Crippen LogP contribution is -2.43. The average Bonchev–Trinajstić information content (AvgIpc) is 2.33. The molecule has 1 saturated heterocycles. The van der Waals surface area contributed by atoms with Crippen molar-refractivity contribution in [3.8, 4) is 0 Å². The first-order valence-electron chi connectivity index (χ1n) is 7.18. The Kier molecular flexibility index (Phi) is 7.28. The molecule has 0 spiro atoms. The van der Waals surface area contributed by atoms with Gasteiger partial charge in [0, 0.05) is 25.1 Å². The zero-order valence-electron chi connectivity index (χ0n) is 12.0. The molecule has 0 aromatic rings. The van der Waals surface area contributed by atoms with Crippen LogP contribution in [-0.4, -0.2) is 38.3 Å². The molecule has 0 aromatic heterocycles. The van der Waals surface area contributed by atoms with E-state index < -0.39 is 0 Å². The van der Waals surface area contributed by atoms with Crippen molar-refractivity contribution in [1.29, 1.82) is 0 Å². The third kappa shape index (κ3) is 6.36. The Bertz CT molecular complexity index is 244. The van der Waals surface area contributed by atoms with Crippen LogP contribution in [0.2, 0.25) is 0 Å². The fourth-order valence-electron chi connectivity index (χ4n) is 2.18. The molecule has 2 atom stereocenters. The fourth-order valence-corrected chi connectivity index (χ4v) is 2.18. The van der Waals surface area contributed by atoms with Crippen molar-refractivity contribution in [2.75, 3.05) is 26.3 Å². The van der Waals surface area contributed by atoms with Crippen LogP contribution >= 0.6 is 0 Å². The predicted molar refractivity (Wildman–Crippen MR) is 73.5 cm³/mol. The average molecular weight is 256 g/mol. The fraction of sp³-hybridized carbons (Fsp3) is 0.929. The molecular weight excluding hydrogens is 228 g/mol. The van der Waals surface area contributed by atoms with Crippen LogP contribution in [0.3, 0.4) is 0 Å². The third-order valence-corrected chi connectivity index (χ3v) is 3.38. The molecule has 4 heteroatoms. The van der Waals surface area contributed by atoms with Gasteiger partial charge in [0.1, 0.15) is 0 Å². The van der Waals surface area contributed by atoms with Gasteiger partial charge in [-0.15, -0.1) is 0 Å². The summed E-state index contributed by atoms with van der Waals surface area (Å²) in [4.78, 5) is 11.9. The molecule has 0 aliphatic carbocycles. The van der Waals surface area contributed by atoms with Crippen LogP contribution in [-0.2, 0) is 9.53 Å². The summed E-state index contributed by atoms with van der Waals surface area (Å²) in [6.07, 6.45) is 2.98. The zero-order chi connectivity index (χ0) is 13.4. The summed E-state index contributed by atoms with van der Waals surface area (Å²) in [5, 5.41) is 6.33. The van der Waals surface area contributed by atoms with Crippen LogP contribution in [0.1, 0.15) is 40.0 Å². The molecule has 1 aliphatic heterocycles. The molecule has 4 nitrogen and oxygen atoms in total. The lowest BCUT2D eigenvalue weighted by Gasteiger charge is -2.27. The standard InChI is InChI=1S/C14H28N2O2/c1-11(2)5-8-18-9-7-16-14(17)13-4-6-15-12(3)10-13/h11-13,15H,4-10H2,1-3H3,(H,16,17). The number of ether oxygens (including phenoxy) is 1. The Morgan fingerprint density at radius 3 is 2.89 bits per heavy atom.